The number of aryl methyl sites for hydroxylation is 1. The maximum Gasteiger partial charge on any atom is 0.330 e. The minimum absolute atomic E-state index is 0.296. The summed E-state index contributed by atoms with van der Waals surface area (Å²) in [6.45, 7) is 0.729. The van der Waals surface area contributed by atoms with Crippen LogP contribution in [-0.4, -0.2) is 39.8 Å². The summed E-state index contributed by atoms with van der Waals surface area (Å²) >= 11 is 0. The fraction of sp³-hybridized carbons (Fsp3) is 0.269. The van der Waals surface area contributed by atoms with Crippen LogP contribution in [0, 0.1) is 0 Å². The first-order valence-electron chi connectivity index (χ1n) is 10.8. The number of hydrogen-bond donors (Lipinski definition) is 0. The summed E-state index contributed by atoms with van der Waals surface area (Å²) in [4.78, 5) is 4.95. The number of oxime groups is 1. The molecule has 0 aliphatic rings. The molecule has 0 fully saturated rings. The molecule has 3 aromatic carbocycles. The third kappa shape index (κ3) is 7.73. The minimum Gasteiger partial charge on any atom is -0.489 e. The van der Waals surface area contributed by atoms with Crippen molar-refractivity contribution < 1.29 is 27.9 Å². The lowest BCUT2D eigenvalue weighted by molar-refractivity contribution is 0.210. The average molecular weight is 484 g/mol. The Kier molecular flexibility index (Phi) is 9.71. The summed E-state index contributed by atoms with van der Waals surface area (Å²) in [5.74, 6) is 1.49. The highest BCUT2D eigenvalue weighted by Gasteiger charge is 2.20. The maximum absolute atomic E-state index is 12.2. The third-order valence-electron chi connectivity index (χ3n) is 5.17. The Morgan fingerprint density at radius 1 is 0.765 bits per heavy atom. The number of rotatable bonds is 13. The Bertz CT molecular complexity index is 1080. The van der Waals surface area contributed by atoms with Gasteiger partial charge in [-0.1, -0.05) is 59.8 Å². The lowest BCUT2D eigenvalue weighted by Gasteiger charge is -2.13. The van der Waals surface area contributed by atoms with E-state index in [0.717, 1.165) is 28.2 Å². The van der Waals surface area contributed by atoms with Gasteiger partial charge in [0.05, 0.1) is 6.16 Å². The Morgan fingerprint density at radius 2 is 1.35 bits per heavy atom. The van der Waals surface area contributed by atoms with Crippen molar-refractivity contribution in [1.82, 2.24) is 0 Å². The molecular formula is C26H30NO6P. The van der Waals surface area contributed by atoms with Gasteiger partial charge in [-0.05, 0) is 41.8 Å². The molecule has 0 aliphatic carbocycles. The first kappa shape index (κ1) is 25.5. The number of hydrogen-bond acceptors (Lipinski definition) is 7. The highest BCUT2D eigenvalue weighted by Crippen LogP contribution is 2.46. The van der Waals surface area contributed by atoms with Gasteiger partial charge in [0, 0.05) is 19.8 Å². The van der Waals surface area contributed by atoms with E-state index in [1.54, 1.807) is 0 Å². The first-order chi connectivity index (χ1) is 16.5. The van der Waals surface area contributed by atoms with Crippen molar-refractivity contribution in [3.05, 3.63) is 95.6 Å². The van der Waals surface area contributed by atoms with Crippen molar-refractivity contribution in [3.8, 4) is 11.5 Å². The molecule has 7 nitrogen and oxygen atoms in total. The predicted molar refractivity (Wildman–Crippen MR) is 133 cm³/mol. The highest BCUT2D eigenvalue weighted by molar-refractivity contribution is 7.53. The summed E-state index contributed by atoms with van der Waals surface area (Å²) in [5, 5.41) is 4.07. The molecular weight excluding hydrogens is 453 g/mol. The zero-order valence-electron chi connectivity index (χ0n) is 19.7. The zero-order chi connectivity index (χ0) is 24.2. The maximum atomic E-state index is 12.2. The third-order valence-corrected chi connectivity index (χ3v) is 7.05. The van der Waals surface area contributed by atoms with Gasteiger partial charge in [-0.25, -0.2) is 0 Å². The summed E-state index contributed by atoms with van der Waals surface area (Å²) in [6, 6.07) is 25.2. The molecule has 0 saturated carbocycles. The first-order valence-corrected chi connectivity index (χ1v) is 12.6. The second-order valence-electron chi connectivity index (χ2n) is 7.40. The second-order valence-corrected chi connectivity index (χ2v) is 9.80. The molecule has 0 aliphatic heterocycles. The molecule has 0 saturated heterocycles. The topological polar surface area (TPSA) is 75.6 Å². The van der Waals surface area contributed by atoms with E-state index in [0.29, 0.717) is 31.5 Å². The van der Waals surface area contributed by atoms with E-state index in [1.165, 1.54) is 21.3 Å². The summed E-state index contributed by atoms with van der Waals surface area (Å²) in [5.41, 5.74) is 3.72. The molecule has 0 spiro atoms. The van der Waals surface area contributed by atoms with Crippen LogP contribution in [0.25, 0.3) is 0 Å². The van der Waals surface area contributed by atoms with Crippen LogP contribution in [0.15, 0.2) is 84.0 Å². The van der Waals surface area contributed by atoms with Crippen molar-refractivity contribution in [2.75, 3.05) is 34.1 Å². The van der Waals surface area contributed by atoms with Crippen LogP contribution in [0.4, 0.5) is 0 Å². The van der Waals surface area contributed by atoms with Gasteiger partial charge >= 0.3 is 7.60 Å². The Balaban J connectivity index is 1.48. The lowest BCUT2D eigenvalue weighted by Crippen LogP contribution is -2.13. The van der Waals surface area contributed by atoms with Crippen molar-refractivity contribution >= 4 is 13.3 Å². The van der Waals surface area contributed by atoms with Crippen molar-refractivity contribution in [2.45, 2.75) is 13.0 Å². The molecule has 0 aromatic heterocycles. The van der Waals surface area contributed by atoms with E-state index in [4.69, 9.17) is 23.4 Å². The van der Waals surface area contributed by atoms with Crippen LogP contribution < -0.4 is 9.47 Å². The molecule has 0 amide bonds. The molecule has 0 N–H and O–H groups in total. The fourth-order valence-electron chi connectivity index (χ4n) is 3.18. The Morgan fingerprint density at radius 3 is 1.94 bits per heavy atom. The van der Waals surface area contributed by atoms with Gasteiger partial charge in [-0.2, -0.15) is 0 Å². The van der Waals surface area contributed by atoms with Crippen LogP contribution in [-0.2, 0) is 31.5 Å². The van der Waals surface area contributed by atoms with Gasteiger partial charge in [-0.15, -0.1) is 0 Å². The average Bonchev–Trinajstić information content (AvgIpc) is 2.90. The SMILES string of the molecule is CON=C(COc1ccc(COc2ccc(CCP(=O)(OC)OC)cc2)cc1)c1ccccc1. The smallest absolute Gasteiger partial charge is 0.330 e. The number of nitrogens with zero attached hydrogens (tertiary/aromatic N) is 1. The predicted octanol–water partition coefficient (Wildman–Crippen LogP) is 5.72. The molecule has 0 radical (unpaired) electrons. The largest absolute Gasteiger partial charge is 0.489 e. The number of benzene rings is 3. The monoisotopic (exact) mass is 483 g/mol. The van der Waals surface area contributed by atoms with Crippen LogP contribution >= 0.6 is 7.60 Å². The van der Waals surface area contributed by atoms with E-state index >= 15 is 0 Å². The van der Waals surface area contributed by atoms with Crippen LogP contribution in [0.2, 0.25) is 0 Å². The standard InChI is InChI=1S/C26H30NO6P/c1-29-27-26(23-7-5-4-6-8-23)20-33-25-15-11-22(12-16-25)19-32-24-13-9-21(10-14-24)17-18-34(28,30-2)31-3/h4-16H,17-20H2,1-3H3. The van der Waals surface area contributed by atoms with Gasteiger partial charge in [0.2, 0.25) is 0 Å². The Labute approximate surface area is 200 Å². The summed E-state index contributed by atoms with van der Waals surface area (Å²) in [7, 11) is 1.32. The fourth-order valence-corrected chi connectivity index (χ4v) is 4.23. The molecule has 3 rings (SSSR count). The zero-order valence-corrected chi connectivity index (χ0v) is 20.6. The van der Waals surface area contributed by atoms with E-state index < -0.39 is 7.60 Å². The van der Waals surface area contributed by atoms with Gasteiger partial charge < -0.3 is 23.4 Å². The second kappa shape index (κ2) is 12.9. The van der Waals surface area contributed by atoms with E-state index in [1.807, 2.05) is 78.9 Å². The van der Waals surface area contributed by atoms with E-state index in [9.17, 15) is 4.57 Å². The highest BCUT2D eigenvalue weighted by atomic mass is 31.2. The van der Waals surface area contributed by atoms with Gasteiger partial charge in [0.15, 0.2) is 0 Å². The van der Waals surface area contributed by atoms with E-state index in [-0.39, 0.29) is 0 Å². The molecule has 0 unspecified atom stereocenters. The molecule has 3 aromatic rings. The summed E-state index contributed by atoms with van der Waals surface area (Å²) < 4.78 is 33.9. The van der Waals surface area contributed by atoms with Crippen molar-refractivity contribution in [1.29, 1.82) is 0 Å². The lowest BCUT2D eigenvalue weighted by atomic mass is 10.1. The minimum atomic E-state index is -3.00. The molecule has 8 heteroatoms. The van der Waals surface area contributed by atoms with E-state index in [2.05, 4.69) is 5.16 Å². The molecule has 180 valence electrons. The van der Waals surface area contributed by atoms with Crippen LogP contribution in [0.1, 0.15) is 16.7 Å². The quantitative estimate of drug-likeness (QED) is 0.176. The van der Waals surface area contributed by atoms with Crippen LogP contribution in [0.3, 0.4) is 0 Å². The molecule has 0 atom stereocenters. The van der Waals surface area contributed by atoms with Crippen molar-refractivity contribution in [3.63, 3.8) is 0 Å². The molecule has 34 heavy (non-hydrogen) atoms. The molecule has 0 heterocycles. The normalized spacial score (nSPS) is 11.8. The number of ether oxygens (including phenoxy) is 2. The van der Waals surface area contributed by atoms with Crippen molar-refractivity contribution in [2.24, 2.45) is 5.16 Å². The van der Waals surface area contributed by atoms with Crippen LogP contribution in [0.5, 0.6) is 11.5 Å². The Hall–Kier alpha value is -3.12. The van der Waals surface area contributed by atoms with Gasteiger partial charge in [0.1, 0.15) is 37.5 Å². The van der Waals surface area contributed by atoms with Gasteiger partial charge in [-0.3, -0.25) is 4.57 Å². The molecule has 0 bridgehead atoms. The van der Waals surface area contributed by atoms with Gasteiger partial charge in [0.25, 0.3) is 0 Å². The summed E-state index contributed by atoms with van der Waals surface area (Å²) in [6.07, 6.45) is 0.931.